The summed E-state index contributed by atoms with van der Waals surface area (Å²) in [4.78, 5) is 13.4. The average molecular weight is 231 g/mol. The van der Waals surface area contributed by atoms with Gasteiger partial charge in [-0.2, -0.15) is 0 Å². The summed E-state index contributed by atoms with van der Waals surface area (Å²) in [5.41, 5.74) is 0. The highest BCUT2D eigenvalue weighted by molar-refractivity contribution is 5.77. The molecule has 0 bridgehead atoms. The predicted molar refractivity (Wildman–Crippen MR) is 65.5 cm³/mol. The molecule has 0 spiro atoms. The maximum absolute atomic E-state index is 11.3. The van der Waals surface area contributed by atoms with Gasteiger partial charge in [0.25, 0.3) is 0 Å². The van der Waals surface area contributed by atoms with Crippen molar-refractivity contribution in [1.82, 2.24) is 15.5 Å². The topological polar surface area (TPSA) is 53.6 Å². The maximum Gasteiger partial charge on any atom is 0.233 e. The van der Waals surface area contributed by atoms with Crippen molar-refractivity contribution in [2.24, 2.45) is 0 Å². The third-order valence-electron chi connectivity index (χ3n) is 2.45. The summed E-state index contributed by atoms with van der Waals surface area (Å²) in [5, 5.41) is 5.95. The molecule has 1 atom stereocenters. The minimum Gasteiger partial charge on any atom is -0.385 e. The monoisotopic (exact) mass is 231 g/mol. The molecule has 0 radical (unpaired) electrons. The minimum absolute atomic E-state index is 0.0436. The SMILES string of the molecule is COCCCNC(=O)CNCC(C)N(C)C. The Labute approximate surface area is 98.5 Å². The Hall–Kier alpha value is -0.650. The number of carbonyl (C=O) groups excluding carboxylic acids is 1. The lowest BCUT2D eigenvalue weighted by atomic mass is 10.3. The van der Waals surface area contributed by atoms with E-state index < -0.39 is 0 Å². The first-order chi connectivity index (χ1) is 7.57. The quantitative estimate of drug-likeness (QED) is 0.534. The van der Waals surface area contributed by atoms with Gasteiger partial charge in [-0.15, -0.1) is 0 Å². The molecule has 1 unspecified atom stereocenters. The number of amides is 1. The van der Waals surface area contributed by atoms with Crippen LogP contribution in [0.4, 0.5) is 0 Å². The van der Waals surface area contributed by atoms with Crippen LogP contribution in [0.15, 0.2) is 0 Å². The highest BCUT2D eigenvalue weighted by Crippen LogP contribution is 1.87. The zero-order chi connectivity index (χ0) is 12.4. The van der Waals surface area contributed by atoms with Crippen LogP contribution < -0.4 is 10.6 Å². The number of nitrogens with one attached hydrogen (secondary N) is 2. The molecule has 0 aliphatic carbocycles. The predicted octanol–water partition coefficient (Wildman–Crippen LogP) is -0.321. The summed E-state index contributed by atoms with van der Waals surface area (Å²) in [6, 6.07) is 0.432. The van der Waals surface area contributed by atoms with Crippen LogP contribution in [0.25, 0.3) is 0 Å². The van der Waals surface area contributed by atoms with Gasteiger partial charge in [-0.3, -0.25) is 4.79 Å². The van der Waals surface area contributed by atoms with E-state index >= 15 is 0 Å². The van der Waals surface area contributed by atoms with Crippen molar-refractivity contribution in [3.63, 3.8) is 0 Å². The van der Waals surface area contributed by atoms with Gasteiger partial charge in [-0.25, -0.2) is 0 Å². The largest absolute Gasteiger partial charge is 0.385 e. The zero-order valence-corrected chi connectivity index (χ0v) is 10.9. The minimum atomic E-state index is 0.0436. The average Bonchev–Trinajstić information content (AvgIpc) is 2.24. The van der Waals surface area contributed by atoms with Gasteiger partial charge in [-0.05, 0) is 27.4 Å². The van der Waals surface area contributed by atoms with E-state index in [1.54, 1.807) is 7.11 Å². The van der Waals surface area contributed by atoms with Crippen LogP contribution in [0.5, 0.6) is 0 Å². The van der Waals surface area contributed by atoms with E-state index in [2.05, 4.69) is 22.5 Å². The summed E-state index contributed by atoms with van der Waals surface area (Å²) in [7, 11) is 5.71. The van der Waals surface area contributed by atoms with Crippen LogP contribution in [-0.2, 0) is 9.53 Å². The van der Waals surface area contributed by atoms with Crippen molar-refractivity contribution in [3.05, 3.63) is 0 Å². The zero-order valence-electron chi connectivity index (χ0n) is 10.9. The molecule has 0 aliphatic rings. The van der Waals surface area contributed by atoms with Gasteiger partial charge in [0.2, 0.25) is 5.91 Å². The lowest BCUT2D eigenvalue weighted by Gasteiger charge is -2.19. The molecule has 0 aromatic carbocycles. The molecule has 96 valence electrons. The normalized spacial score (nSPS) is 12.8. The van der Waals surface area contributed by atoms with E-state index in [1.807, 2.05) is 14.1 Å². The molecule has 2 N–H and O–H groups in total. The van der Waals surface area contributed by atoms with Gasteiger partial charge in [-0.1, -0.05) is 0 Å². The fourth-order valence-corrected chi connectivity index (χ4v) is 1.08. The fraction of sp³-hybridized carbons (Fsp3) is 0.909. The number of rotatable bonds is 9. The lowest BCUT2D eigenvalue weighted by Crippen LogP contribution is -2.40. The second kappa shape index (κ2) is 9.57. The summed E-state index contributed by atoms with van der Waals surface area (Å²) in [6.07, 6.45) is 0.857. The van der Waals surface area contributed by atoms with Gasteiger partial charge in [0, 0.05) is 32.8 Å². The van der Waals surface area contributed by atoms with E-state index in [0.29, 0.717) is 25.7 Å². The fourth-order valence-electron chi connectivity index (χ4n) is 1.08. The highest BCUT2D eigenvalue weighted by Gasteiger charge is 2.05. The molecule has 5 heteroatoms. The number of hydrogen-bond acceptors (Lipinski definition) is 4. The van der Waals surface area contributed by atoms with Crippen molar-refractivity contribution in [1.29, 1.82) is 0 Å². The van der Waals surface area contributed by atoms with Crippen molar-refractivity contribution >= 4 is 5.91 Å². The van der Waals surface area contributed by atoms with Gasteiger partial charge in [0.05, 0.1) is 6.54 Å². The highest BCUT2D eigenvalue weighted by atomic mass is 16.5. The van der Waals surface area contributed by atoms with Crippen LogP contribution in [0, 0.1) is 0 Å². The summed E-state index contributed by atoms with van der Waals surface area (Å²) < 4.78 is 4.89. The van der Waals surface area contributed by atoms with Gasteiger partial charge in [0.15, 0.2) is 0 Å². The van der Waals surface area contributed by atoms with Crippen LogP contribution in [0.2, 0.25) is 0 Å². The molecular formula is C11H25N3O2. The smallest absolute Gasteiger partial charge is 0.233 e. The van der Waals surface area contributed by atoms with Crippen LogP contribution in [-0.4, -0.2) is 64.3 Å². The molecule has 1 amide bonds. The van der Waals surface area contributed by atoms with E-state index in [-0.39, 0.29) is 5.91 Å². The van der Waals surface area contributed by atoms with Gasteiger partial charge < -0.3 is 20.3 Å². The van der Waals surface area contributed by atoms with Crippen LogP contribution >= 0.6 is 0 Å². The van der Waals surface area contributed by atoms with Crippen molar-refractivity contribution in [3.8, 4) is 0 Å². The molecular weight excluding hydrogens is 206 g/mol. The number of hydrogen-bond donors (Lipinski definition) is 2. The van der Waals surface area contributed by atoms with E-state index in [0.717, 1.165) is 13.0 Å². The maximum atomic E-state index is 11.3. The molecule has 16 heavy (non-hydrogen) atoms. The summed E-state index contributed by atoms with van der Waals surface area (Å²) >= 11 is 0. The second-order valence-electron chi connectivity index (χ2n) is 4.14. The van der Waals surface area contributed by atoms with E-state index in [4.69, 9.17) is 4.74 Å². The Morgan fingerprint density at radius 2 is 2.12 bits per heavy atom. The first-order valence-corrected chi connectivity index (χ1v) is 5.70. The molecule has 0 aromatic heterocycles. The second-order valence-corrected chi connectivity index (χ2v) is 4.14. The van der Waals surface area contributed by atoms with Crippen LogP contribution in [0.1, 0.15) is 13.3 Å². The van der Waals surface area contributed by atoms with Crippen molar-refractivity contribution in [2.45, 2.75) is 19.4 Å². The number of nitrogens with zero attached hydrogens (tertiary/aromatic N) is 1. The molecule has 0 fully saturated rings. The Bertz CT molecular complexity index is 186. The van der Waals surface area contributed by atoms with Crippen molar-refractivity contribution < 1.29 is 9.53 Å². The standard InChI is InChI=1S/C11H25N3O2/c1-10(14(2)3)8-12-9-11(15)13-6-5-7-16-4/h10,12H,5-9H2,1-4H3,(H,13,15). The molecule has 0 aliphatic heterocycles. The number of likely N-dealkylation sites (N-methyl/N-ethyl adjacent to an activating group) is 1. The number of carbonyl (C=O) groups is 1. The molecule has 0 rings (SSSR count). The van der Waals surface area contributed by atoms with E-state index in [1.165, 1.54) is 0 Å². The van der Waals surface area contributed by atoms with E-state index in [9.17, 15) is 4.79 Å². The summed E-state index contributed by atoms with van der Waals surface area (Å²) in [6.45, 7) is 4.68. The third kappa shape index (κ3) is 8.64. The van der Waals surface area contributed by atoms with Crippen LogP contribution in [0.3, 0.4) is 0 Å². The van der Waals surface area contributed by atoms with Gasteiger partial charge in [0.1, 0.15) is 0 Å². The molecule has 0 saturated heterocycles. The molecule has 5 nitrogen and oxygen atoms in total. The number of ether oxygens (including phenoxy) is 1. The molecule has 0 saturated carbocycles. The van der Waals surface area contributed by atoms with Crippen molar-refractivity contribution in [2.75, 3.05) is 47.4 Å². The third-order valence-corrected chi connectivity index (χ3v) is 2.45. The molecule has 0 aromatic rings. The first-order valence-electron chi connectivity index (χ1n) is 5.70. The summed E-state index contributed by atoms with van der Waals surface area (Å²) in [5.74, 6) is 0.0436. The Morgan fingerprint density at radius 3 is 2.69 bits per heavy atom. The first kappa shape index (κ1) is 15.3. The Balaban J connectivity index is 3.37. The Kier molecular flexibility index (Phi) is 9.18. The Morgan fingerprint density at radius 1 is 1.44 bits per heavy atom. The molecule has 0 heterocycles. The number of methoxy groups -OCH3 is 1. The van der Waals surface area contributed by atoms with Gasteiger partial charge >= 0.3 is 0 Å². The lowest BCUT2D eigenvalue weighted by molar-refractivity contribution is -0.120.